The van der Waals surface area contributed by atoms with Gasteiger partial charge < -0.3 is 5.73 Å². The Morgan fingerprint density at radius 3 is 2.59 bits per heavy atom. The standard InChI is InChI=1S/C18H25FN2O/c19-16-11-14(17(20)22)5-6-15(16)12-21-10-4-9-18(13-21)7-2-1-3-8-18/h5-6,11H,1-4,7-10,12-13H2,(H2,20,22). The Kier molecular flexibility index (Phi) is 4.48. The minimum atomic E-state index is -0.579. The smallest absolute Gasteiger partial charge is 0.248 e. The van der Waals surface area contributed by atoms with Crippen LogP contribution in [0, 0.1) is 11.2 Å². The average Bonchev–Trinajstić information content (AvgIpc) is 2.50. The number of rotatable bonds is 3. The lowest BCUT2D eigenvalue weighted by molar-refractivity contribution is 0.0488. The molecular formula is C18H25FN2O. The molecule has 3 rings (SSSR count). The number of benzene rings is 1. The molecular weight excluding hydrogens is 279 g/mol. The van der Waals surface area contributed by atoms with Gasteiger partial charge >= 0.3 is 0 Å². The monoisotopic (exact) mass is 304 g/mol. The van der Waals surface area contributed by atoms with Crippen LogP contribution in [0.2, 0.25) is 0 Å². The Morgan fingerprint density at radius 1 is 1.18 bits per heavy atom. The molecule has 1 spiro atoms. The van der Waals surface area contributed by atoms with E-state index in [-0.39, 0.29) is 11.4 Å². The van der Waals surface area contributed by atoms with Gasteiger partial charge in [-0.25, -0.2) is 4.39 Å². The molecule has 0 radical (unpaired) electrons. The summed E-state index contributed by atoms with van der Waals surface area (Å²) in [6.45, 7) is 2.76. The molecule has 2 fully saturated rings. The molecule has 0 unspecified atom stereocenters. The molecule has 1 aliphatic carbocycles. The highest BCUT2D eigenvalue weighted by Crippen LogP contribution is 2.43. The summed E-state index contributed by atoms with van der Waals surface area (Å²) in [6.07, 6.45) is 9.24. The fourth-order valence-electron chi connectivity index (χ4n) is 4.22. The Balaban J connectivity index is 1.69. The van der Waals surface area contributed by atoms with Crippen LogP contribution in [0.3, 0.4) is 0 Å². The first-order valence-electron chi connectivity index (χ1n) is 8.39. The van der Waals surface area contributed by atoms with Crippen LogP contribution >= 0.6 is 0 Å². The Morgan fingerprint density at radius 2 is 1.91 bits per heavy atom. The van der Waals surface area contributed by atoms with Gasteiger partial charge in [-0.05, 0) is 49.8 Å². The van der Waals surface area contributed by atoms with Crippen molar-refractivity contribution in [1.29, 1.82) is 0 Å². The molecule has 2 N–H and O–H groups in total. The van der Waals surface area contributed by atoms with Crippen molar-refractivity contribution in [3.63, 3.8) is 0 Å². The van der Waals surface area contributed by atoms with E-state index in [9.17, 15) is 9.18 Å². The van der Waals surface area contributed by atoms with Gasteiger partial charge in [0.2, 0.25) is 5.91 Å². The molecule has 22 heavy (non-hydrogen) atoms. The van der Waals surface area contributed by atoms with Crippen LogP contribution in [0.15, 0.2) is 18.2 Å². The van der Waals surface area contributed by atoms with Crippen LogP contribution in [0.4, 0.5) is 4.39 Å². The van der Waals surface area contributed by atoms with E-state index in [0.717, 1.165) is 13.1 Å². The topological polar surface area (TPSA) is 46.3 Å². The van der Waals surface area contributed by atoms with E-state index in [4.69, 9.17) is 5.73 Å². The first-order valence-corrected chi connectivity index (χ1v) is 8.39. The van der Waals surface area contributed by atoms with Crippen molar-refractivity contribution in [1.82, 2.24) is 4.90 Å². The second-order valence-electron chi connectivity index (χ2n) is 7.05. The average molecular weight is 304 g/mol. The summed E-state index contributed by atoms with van der Waals surface area (Å²) in [5, 5.41) is 0. The summed E-state index contributed by atoms with van der Waals surface area (Å²) in [4.78, 5) is 13.5. The molecule has 1 aromatic carbocycles. The van der Waals surface area contributed by atoms with E-state index < -0.39 is 5.91 Å². The predicted molar refractivity (Wildman–Crippen MR) is 84.9 cm³/mol. The Labute approximate surface area is 131 Å². The molecule has 3 nitrogen and oxygen atoms in total. The Bertz CT molecular complexity index is 547. The second-order valence-corrected chi connectivity index (χ2v) is 7.05. The van der Waals surface area contributed by atoms with Gasteiger partial charge in [-0.3, -0.25) is 9.69 Å². The number of likely N-dealkylation sites (tertiary alicyclic amines) is 1. The maximum absolute atomic E-state index is 14.2. The molecule has 1 saturated heterocycles. The number of amides is 1. The minimum absolute atomic E-state index is 0.239. The van der Waals surface area contributed by atoms with Crippen LogP contribution in [0.5, 0.6) is 0 Å². The number of hydrogen-bond acceptors (Lipinski definition) is 2. The van der Waals surface area contributed by atoms with Gasteiger partial charge in [0.25, 0.3) is 0 Å². The fraction of sp³-hybridized carbons (Fsp3) is 0.611. The van der Waals surface area contributed by atoms with Crippen molar-refractivity contribution in [2.75, 3.05) is 13.1 Å². The fourth-order valence-corrected chi connectivity index (χ4v) is 4.22. The molecule has 0 bridgehead atoms. The van der Waals surface area contributed by atoms with Gasteiger partial charge in [-0.15, -0.1) is 0 Å². The van der Waals surface area contributed by atoms with Crippen molar-refractivity contribution in [2.24, 2.45) is 11.1 Å². The van der Waals surface area contributed by atoms with Gasteiger partial charge in [0.15, 0.2) is 0 Å². The van der Waals surface area contributed by atoms with E-state index in [2.05, 4.69) is 4.90 Å². The Hall–Kier alpha value is -1.42. The lowest BCUT2D eigenvalue weighted by Gasteiger charge is -2.45. The van der Waals surface area contributed by atoms with E-state index >= 15 is 0 Å². The van der Waals surface area contributed by atoms with Crippen LogP contribution in [-0.2, 0) is 6.54 Å². The first-order chi connectivity index (χ1) is 10.6. The molecule has 1 saturated carbocycles. The first kappa shape index (κ1) is 15.5. The summed E-state index contributed by atoms with van der Waals surface area (Å²) >= 11 is 0. The van der Waals surface area contributed by atoms with Crippen LogP contribution in [-0.4, -0.2) is 23.9 Å². The van der Waals surface area contributed by atoms with Crippen molar-refractivity contribution >= 4 is 5.91 Å². The van der Waals surface area contributed by atoms with Crippen LogP contribution in [0.25, 0.3) is 0 Å². The van der Waals surface area contributed by atoms with E-state index in [1.54, 1.807) is 12.1 Å². The molecule has 4 heteroatoms. The second kappa shape index (κ2) is 6.37. The van der Waals surface area contributed by atoms with Crippen molar-refractivity contribution in [2.45, 2.75) is 51.5 Å². The zero-order chi connectivity index (χ0) is 15.6. The quantitative estimate of drug-likeness (QED) is 0.929. The van der Waals surface area contributed by atoms with E-state index in [1.165, 1.54) is 51.0 Å². The number of carbonyl (C=O) groups excluding carboxylic acids is 1. The molecule has 1 amide bonds. The van der Waals surface area contributed by atoms with Gasteiger partial charge in [0, 0.05) is 24.2 Å². The summed E-state index contributed by atoms with van der Waals surface area (Å²) in [5.74, 6) is -0.899. The summed E-state index contributed by atoms with van der Waals surface area (Å²) in [7, 11) is 0. The molecule has 2 aliphatic rings. The van der Waals surface area contributed by atoms with Gasteiger partial charge in [-0.1, -0.05) is 25.3 Å². The number of primary amides is 1. The highest BCUT2D eigenvalue weighted by atomic mass is 19.1. The number of nitrogens with two attached hydrogens (primary N) is 1. The normalized spacial score (nSPS) is 21.9. The van der Waals surface area contributed by atoms with E-state index in [0.29, 0.717) is 17.5 Å². The zero-order valence-corrected chi connectivity index (χ0v) is 13.1. The number of halogens is 1. The summed E-state index contributed by atoms with van der Waals surface area (Å²) in [5.41, 5.74) is 6.57. The minimum Gasteiger partial charge on any atom is -0.366 e. The van der Waals surface area contributed by atoms with Crippen LogP contribution < -0.4 is 5.73 Å². The van der Waals surface area contributed by atoms with Gasteiger partial charge in [0.05, 0.1) is 0 Å². The largest absolute Gasteiger partial charge is 0.366 e. The molecule has 0 aromatic heterocycles. The lowest BCUT2D eigenvalue weighted by atomic mass is 9.69. The summed E-state index contributed by atoms with van der Waals surface area (Å²) in [6, 6.07) is 4.59. The highest BCUT2D eigenvalue weighted by molar-refractivity contribution is 5.92. The number of carbonyl (C=O) groups is 1. The van der Waals surface area contributed by atoms with E-state index in [1.807, 2.05) is 0 Å². The maximum atomic E-state index is 14.2. The van der Waals surface area contributed by atoms with Crippen molar-refractivity contribution in [3.05, 3.63) is 35.1 Å². The SMILES string of the molecule is NC(=O)c1ccc(CN2CCCC3(CCCCC3)C2)c(F)c1. The van der Waals surface area contributed by atoms with Gasteiger partial charge in [0.1, 0.15) is 5.82 Å². The van der Waals surface area contributed by atoms with Crippen LogP contribution in [0.1, 0.15) is 60.9 Å². The molecule has 1 aliphatic heterocycles. The predicted octanol–water partition coefficient (Wildman–Crippen LogP) is 3.47. The number of nitrogens with zero attached hydrogens (tertiary/aromatic N) is 1. The number of hydrogen-bond donors (Lipinski definition) is 1. The summed E-state index contributed by atoms with van der Waals surface area (Å²) < 4.78 is 14.2. The third kappa shape index (κ3) is 3.32. The third-order valence-electron chi connectivity index (χ3n) is 5.39. The maximum Gasteiger partial charge on any atom is 0.248 e. The van der Waals surface area contributed by atoms with Crippen molar-refractivity contribution < 1.29 is 9.18 Å². The highest BCUT2D eigenvalue weighted by Gasteiger charge is 2.36. The lowest BCUT2D eigenvalue weighted by Crippen LogP contribution is -2.43. The van der Waals surface area contributed by atoms with Gasteiger partial charge in [-0.2, -0.15) is 0 Å². The molecule has 0 atom stereocenters. The molecule has 1 heterocycles. The molecule has 120 valence electrons. The zero-order valence-electron chi connectivity index (χ0n) is 13.1. The van der Waals surface area contributed by atoms with Crippen molar-refractivity contribution in [3.8, 4) is 0 Å². The number of piperidine rings is 1. The third-order valence-corrected chi connectivity index (χ3v) is 5.39. The molecule has 1 aromatic rings.